The third kappa shape index (κ3) is 64.5. The number of carbonyl (C=O) groups is 3. The molecule has 79 heavy (non-hydrogen) atoms. The maximum Gasteiger partial charge on any atom is 0.306 e. The van der Waals surface area contributed by atoms with E-state index >= 15 is 0 Å². The second-order valence-corrected chi connectivity index (χ2v) is 21.6. The summed E-state index contributed by atoms with van der Waals surface area (Å²) in [7, 11) is 0. The Kier molecular flexibility index (Phi) is 62.8. The molecule has 0 rings (SSSR count). The van der Waals surface area contributed by atoms with Crippen molar-refractivity contribution in [2.75, 3.05) is 13.2 Å². The smallest absolute Gasteiger partial charge is 0.306 e. The quantitative estimate of drug-likeness (QED) is 0.0261. The van der Waals surface area contributed by atoms with Gasteiger partial charge >= 0.3 is 17.9 Å². The van der Waals surface area contributed by atoms with Gasteiger partial charge in [-0.2, -0.15) is 0 Å². The topological polar surface area (TPSA) is 78.9 Å². The fourth-order valence-electron chi connectivity index (χ4n) is 9.04. The summed E-state index contributed by atoms with van der Waals surface area (Å²) in [4.78, 5) is 38.4. The molecule has 0 aliphatic rings. The molecule has 0 amide bonds. The van der Waals surface area contributed by atoms with Gasteiger partial charge in [0, 0.05) is 19.3 Å². The zero-order valence-electron chi connectivity index (χ0n) is 51.6. The van der Waals surface area contributed by atoms with Crippen LogP contribution in [0.5, 0.6) is 0 Å². The van der Waals surface area contributed by atoms with Crippen LogP contribution in [-0.2, 0) is 28.6 Å². The third-order valence-corrected chi connectivity index (χ3v) is 13.9. The fourth-order valence-corrected chi connectivity index (χ4v) is 9.04. The summed E-state index contributed by atoms with van der Waals surface area (Å²) in [6, 6.07) is 0. The highest BCUT2D eigenvalue weighted by molar-refractivity contribution is 5.71. The summed E-state index contributed by atoms with van der Waals surface area (Å²) in [6.45, 7) is 6.39. The first-order valence-corrected chi connectivity index (χ1v) is 33.0. The maximum absolute atomic E-state index is 12.9. The molecule has 0 radical (unpaired) electrons. The third-order valence-electron chi connectivity index (χ3n) is 13.9. The number of hydrogen-bond acceptors (Lipinski definition) is 6. The van der Waals surface area contributed by atoms with Crippen LogP contribution in [0.15, 0.2) is 122 Å². The van der Waals surface area contributed by atoms with Crippen LogP contribution in [0.3, 0.4) is 0 Å². The minimum absolute atomic E-state index is 0.0940. The van der Waals surface area contributed by atoms with E-state index in [0.29, 0.717) is 19.3 Å². The van der Waals surface area contributed by atoms with E-state index in [1.54, 1.807) is 0 Å². The van der Waals surface area contributed by atoms with Gasteiger partial charge in [0.1, 0.15) is 13.2 Å². The summed E-state index contributed by atoms with van der Waals surface area (Å²) >= 11 is 0. The molecular weight excluding hydrogens is 973 g/mol. The second-order valence-electron chi connectivity index (χ2n) is 21.6. The lowest BCUT2D eigenvalue weighted by atomic mass is 10.0. The Morgan fingerprint density at radius 2 is 0.494 bits per heavy atom. The number of hydrogen-bond donors (Lipinski definition) is 0. The maximum atomic E-state index is 12.9. The molecule has 0 aromatic heterocycles. The first kappa shape index (κ1) is 74.8. The highest BCUT2D eigenvalue weighted by atomic mass is 16.6. The van der Waals surface area contributed by atoms with Gasteiger partial charge in [-0.3, -0.25) is 14.4 Å². The van der Waals surface area contributed by atoms with Crippen LogP contribution >= 0.6 is 0 Å². The molecule has 0 saturated carbocycles. The summed E-state index contributed by atoms with van der Waals surface area (Å²) in [6.07, 6.45) is 92.0. The Labute approximate surface area is 488 Å². The molecule has 0 bridgehead atoms. The fraction of sp³-hybridized carbons (Fsp3) is 0.685. The molecule has 1 unspecified atom stereocenters. The molecule has 450 valence electrons. The van der Waals surface area contributed by atoms with Gasteiger partial charge in [0.25, 0.3) is 0 Å². The predicted molar refractivity (Wildman–Crippen MR) is 343 cm³/mol. The molecule has 0 fully saturated rings. The van der Waals surface area contributed by atoms with Crippen molar-refractivity contribution in [3.8, 4) is 0 Å². The van der Waals surface area contributed by atoms with Crippen molar-refractivity contribution in [1.82, 2.24) is 0 Å². The Bertz CT molecular complexity index is 1640. The molecule has 0 saturated heterocycles. The van der Waals surface area contributed by atoms with E-state index in [1.165, 1.54) is 122 Å². The highest BCUT2D eigenvalue weighted by Gasteiger charge is 2.19. The summed E-state index contributed by atoms with van der Waals surface area (Å²) in [5, 5.41) is 0. The normalized spacial score (nSPS) is 12.9. The second kappa shape index (κ2) is 66.3. The molecule has 0 heterocycles. The van der Waals surface area contributed by atoms with Gasteiger partial charge in [-0.15, -0.1) is 0 Å². The first-order valence-electron chi connectivity index (χ1n) is 33.0. The standard InChI is InChI=1S/C73H122O6/c1-4-7-10-13-16-19-22-25-28-31-33-34-35-36-37-38-40-42-45-48-51-54-57-60-63-66-72(75)78-69-70(68-77-71(74)65-62-59-56-53-50-47-44-41-30-27-24-21-18-15-12-9-6-3)79-73(76)67-64-61-58-55-52-49-46-43-39-32-29-26-23-20-17-14-11-8-5-2/h8-9,11-12,17-18,20-22,25-27,29-31,33,39,43-44,47,70H,4-7,10,13-16,19,23-24,28,32,34-38,40-42,45-46,48-69H2,1-3H3/b11-8-,12-9-,20-17-,21-18-,25-22-,29-26-,30-27-,33-31-,43-39-,47-44-. The van der Waals surface area contributed by atoms with Crippen LogP contribution in [0.1, 0.15) is 303 Å². The van der Waals surface area contributed by atoms with Crippen molar-refractivity contribution in [2.24, 2.45) is 0 Å². The van der Waals surface area contributed by atoms with Gasteiger partial charge < -0.3 is 14.2 Å². The Hall–Kier alpha value is -4.19. The highest BCUT2D eigenvalue weighted by Crippen LogP contribution is 2.16. The molecule has 0 aromatic rings. The van der Waals surface area contributed by atoms with Crippen molar-refractivity contribution < 1.29 is 28.6 Å². The first-order chi connectivity index (χ1) is 39.0. The Balaban J connectivity index is 4.40. The molecular formula is C73H122O6. The van der Waals surface area contributed by atoms with E-state index in [9.17, 15) is 14.4 Å². The molecule has 0 spiro atoms. The van der Waals surface area contributed by atoms with Crippen LogP contribution in [0.2, 0.25) is 0 Å². The Morgan fingerprint density at radius 3 is 0.772 bits per heavy atom. The lowest BCUT2D eigenvalue weighted by Crippen LogP contribution is -2.30. The zero-order chi connectivity index (χ0) is 57.1. The molecule has 0 aliphatic carbocycles. The van der Waals surface area contributed by atoms with Crippen molar-refractivity contribution >= 4 is 17.9 Å². The van der Waals surface area contributed by atoms with Crippen LogP contribution < -0.4 is 0 Å². The molecule has 1 atom stereocenters. The van der Waals surface area contributed by atoms with E-state index < -0.39 is 6.10 Å². The molecule has 6 nitrogen and oxygen atoms in total. The number of esters is 3. The molecule has 0 aliphatic heterocycles. The van der Waals surface area contributed by atoms with Crippen LogP contribution in [0, 0.1) is 0 Å². The summed E-state index contributed by atoms with van der Waals surface area (Å²) < 4.78 is 16.9. The number of ether oxygens (including phenoxy) is 3. The average Bonchev–Trinajstić information content (AvgIpc) is 3.45. The monoisotopic (exact) mass is 1090 g/mol. The van der Waals surface area contributed by atoms with Crippen LogP contribution in [0.25, 0.3) is 0 Å². The molecule has 6 heteroatoms. The Morgan fingerprint density at radius 1 is 0.266 bits per heavy atom. The predicted octanol–water partition coefficient (Wildman–Crippen LogP) is 22.8. The van der Waals surface area contributed by atoms with Crippen molar-refractivity contribution in [3.63, 3.8) is 0 Å². The number of allylic oxidation sites excluding steroid dienone is 20. The minimum Gasteiger partial charge on any atom is -0.462 e. The van der Waals surface area contributed by atoms with E-state index in [0.717, 1.165) is 141 Å². The van der Waals surface area contributed by atoms with E-state index in [2.05, 4.69) is 142 Å². The largest absolute Gasteiger partial charge is 0.462 e. The molecule has 0 N–H and O–H groups in total. The van der Waals surface area contributed by atoms with Gasteiger partial charge in [0.05, 0.1) is 0 Å². The van der Waals surface area contributed by atoms with Gasteiger partial charge in [-0.1, -0.05) is 277 Å². The van der Waals surface area contributed by atoms with Gasteiger partial charge in [0.2, 0.25) is 0 Å². The molecule has 0 aromatic carbocycles. The van der Waals surface area contributed by atoms with Crippen molar-refractivity contribution in [3.05, 3.63) is 122 Å². The lowest BCUT2D eigenvalue weighted by molar-refractivity contribution is -0.167. The number of carbonyl (C=O) groups excluding carboxylic acids is 3. The number of rotatable bonds is 59. The van der Waals surface area contributed by atoms with Crippen LogP contribution in [0.4, 0.5) is 0 Å². The van der Waals surface area contributed by atoms with Gasteiger partial charge in [-0.25, -0.2) is 0 Å². The van der Waals surface area contributed by atoms with Crippen molar-refractivity contribution in [2.45, 2.75) is 309 Å². The van der Waals surface area contributed by atoms with Crippen LogP contribution in [-0.4, -0.2) is 37.2 Å². The SMILES string of the molecule is CC/C=C\C/C=C\C/C=C\C/C=C\CCCCCCCCC(=O)OC(COC(=O)CCCCCC/C=C\C/C=C\C/C=C\C/C=C\CC)COC(=O)CCCCCCCCCCCCCCC/C=C\C/C=C\CCCCCCC. The average molecular weight is 1100 g/mol. The zero-order valence-corrected chi connectivity index (χ0v) is 51.6. The van der Waals surface area contributed by atoms with Gasteiger partial charge in [0.15, 0.2) is 6.10 Å². The van der Waals surface area contributed by atoms with Crippen molar-refractivity contribution in [1.29, 1.82) is 0 Å². The number of unbranched alkanes of at least 4 members (excludes halogenated alkanes) is 28. The van der Waals surface area contributed by atoms with E-state index in [4.69, 9.17) is 14.2 Å². The minimum atomic E-state index is -0.802. The summed E-state index contributed by atoms with van der Waals surface area (Å²) in [5.41, 5.74) is 0. The summed E-state index contributed by atoms with van der Waals surface area (Å²) in [5.74, 6) is -0.927. The lowest BCUT2D eigenvalue weighted by Gasteiger charge is -2.18. The van der Waals surface area contributed by atoms with E-state index in [1.807, 2.05) is 0 Å². The van der Waals surface area contributed by atoms with E-state index in [-0.39, 0.29) is 31.1 Å². The van der Waals surface area contributed by atoms with Gasteiger partial charge in [-0.05, 0) is 128 Å².